The minimum Gasteiger partial charge on any atom is -0.495 e. The Morgan fingerprint density at radius 2 is 1.97 bits per heavy atom. The van der Waals surface area contributed by atoms with Crippen LogP contribution in [0.25, 0.3) is 5.57 Å². The first-order valence-electron chi connectivity index (χ1n) is 9.29. The van der Waals surface area contributed by atoms with Crippen LogP contribution in [0.15, 0.2) is 64.5 Å². The zero-order valence-corrected chi connectivity index (χ0v) is 19.0. The number of aliphatic carboxylic acids is 1. The SMILES string of the molecule is COc1cc(OCC(=O)O)c(C)cc1SCC1(Cl)C=CC(c2ccccc2)=C(Cl)C1. The number of carboxylic acids is 1. The Morgan fingerprint density at radius 3 is 2.60 bits per heavy atom. The number of hydrogen-bond donors (Lipinski definition) is 1. The molecule has 0 saturated heterocycles. The Bertz CT molecular complexity index is 988. The summed E-state index contributed by atoms with van der Waals surface area (Å²) in [6.45, 7) is 1.46. The lowest BCUT2D eigenvalue weighted by atomic mass is 9.93. The van der Waals surface area contributed by atoms with Gasteiger partial charge in [-0.15, -0.1) is 23.4 Å². The van der Waals surface area contributed by atoms with Gasteiger partial charge in [-0.3, -0.25) is 0 Å². The second-order valence-electron chi connectivity index (χ2n) is 6.97. The van der Waals surface area contributed by atoms with Gasteiger partial charge in [-0.25, -0.2) is 4.79 Å². The van der Waals surface area contributed by atoms with E-state index in [2.05, 4.69) is 0 Å². The van der Waals surface area contributed by atoms with E-state index in [0.29, 0.717) is 23.7 Å². The maximum atomic E-state index is 10.8. The number of ether oxygens (including phenoxy) is 2. The van der Waals surface area contributed by atoms with Gasteiger partial charge in [0.2, 0.25) is 0 Å². The van der Waals surface area contributed by atoms with E-state index in [1.165, 1.54) is 0 Å². The molecule has 0 amide bonds. The van der Waals surface area contributed by atoms with Crippen LogP contribution in [-0.2, 0) is 4.79 Å². The fourth-order valence-corrected chi connectivity index (χ4v) is 5.09. The van der Waals surface area contributed by atoms with Gasteiger partial charge in [0.25, 0.3) is 0 Å². The van der Waals surface area contributed by atoms with Crippen LogP contribution in [0.1, 0.15) is 17.5 Å². The van der Waals surface area contributed by atoms with E-state index < -0.39 is 17.5 Å². The first-order chi connectivity index (χ1) is 14.3. The summed E-state index contributed by atoms with van der Waals surface area (Å²) >= 11 is 15.0. The average Bonchev–Trinajstić information content (AvgIpc) is 2.72. The highest BCUT2D eigenvalue weighted by Crippen LogP contribution is 2.43. The zero-order chi connectivity index (χ0) is 21.7. The van der Waals surface area contributed by atoms with Crippen molar-refractivity contribution in [3.8, 4) is 11.5 Å². The minimum atomic E-state index is -1.03. The molecule has 0 aromatic heterocycles. The molecule has 0 bridgehead atoms. The largest absolute Gasteiger partial charge is 0.495 e. The third-order valence-electron chi connectivity index (χ3n) is 4.65. The van der Waals surface area contributed by atoms with Gasteiger partial charge in [0.15, 0.2) is 6.61 Å². The van der Waals surface area contributed by atoms with E-state index in [0.717, 1.165) is 26.6 Å². The molecule has 1 N–H and O–H groups in total. The highest BCUT2D eigenvalue weighted by Gasteiger charge is 2.30. The van der Waals surface area contributed by atoms with Crippen LogP contribution in [0.5, 0.6) is 11.5 Å². The lowest BCUT2D eigenvalue weighted by Gasteiger charge is -2.28. The number of aryl methyl sites for hydroxylation is 1. The topological polar surface area (TPSA) is 55.8 Å². The maximum absolute atomic E-state index is 10.8. The van der Waals surface area contributed by atoms with Crippen molar-refractivity contribution in [1.82, 2.24) is 0 Å². The molecule has 1 aliphatic rings. The molecular weight excluding hydrogens is 443 g/mol. The second-order valence-corrected chi connectivity index (χ2v) is 9.20. The molecule has 158 valence electrons. The standard InChI is InChI=1S/C23H22Cl2O4S/c1-15-10-21(20(28-2)11-19(15)29-13-22(26)27)30-14-23(25)9-8-17(18(24)12-23)16-6-4-3-5-7-16/h3-11H,12-14H2,1-2H3,(H,26,27). The fraction of sp³-hybridized carbons (Fsp3) is 0.261. The van der Waals surface area contributed by atoms with Crippen molar-refractivity contribution >= 4 is 46.5 Å². The molecule has 0 heterocycles. The van der Waals surface area contributed by atoms with Gasteiger partial charge in [0.1, 0.15) is 11.5 Å². The lowest BCUT2D eigenvalue weighted by molar-refractivity contribution is -0.139. The normalized spacial score (nSPS) is 18.4. The molecule has 30 heavy (non-hydrogen) atoms. The Balaban J connectivity index is 1.72. The van der Waals surface area contributed by atoms with Crippen molar-refractivity contribution in [2.24, 2.45) is 0 Å². The molecule has 1 aliphatic carbocycles. The van der Waals surface area contributed by atoms with Crippen LogP contribution < -0.4 is 9.47 Å². The van der Waals surface area contributed by atoms with Gasteiger partial charge in [-0.05, 0) is 29.7 Å². The molecule has 0 aliphatic heterocycles. The first kappa shape index (κ1) is 22.6. The molecule has 0 fully saturated rings. The summed E-state index contributed by atoms with van der Waals surface area (Å²) in [6, 6.07) is 13.6. The molecule has 7 heteroatoms. The Hall–Kier alpha value is -2.08. The number of carbonyl (C=O) groups is 1. The van der Waals surface area contributed by atoms with E-state index >= 15 is 0 Å². The van der Waals surface area contributed by atoms with Crippen LogP contribution in [0.4, 0.5) is 0 Å². The number of thioether (sulfide) groups is 1. The molecule has 4 nitrogen and oxygen atoms in total. The van der Waals surface area contributed by atoms with Crippen molar-refractivity contribution in [2.45, 2.75) is 23.1 Å². The smallest absolute Gasteiger partial charge is 0.341 e. The van der Waals surface area contributed by atoms with Crippen molar-refractivity contribution in [3.63, 3.8) is 0 Å². The van der Waals surface area contributed by atoms with E-state index in [4.69, 9.17) is 37.8 Å². The fourth-order valence-electron chi connectivity index (χ4n) is 3.11. The number of methoxy groups -OCH3 is 1. The monoisotopic (exact) mass is 464 g/mol. The first-order valence-corrected chi connectivity index (χ1v) is 11.0. The quantitative estimate of drug-likeness (QED) is 0.375. The molecule has 0 radical (unpaired) electrons. The van der Waals surface area contributed by atoms with E-state index in [1.54, 1.807) is 24.9 Å². The molecule has 1 atom stereocenters. The van der Waals surface area contributed by atoms with Crippen LogP contribution in [-0.4, -0.2) is 35.4 Å². The molecule has 2 aromatic rings. The number of allylic oxidation sites excluding steroid dienone is 4. The number of benzene rings is 2. The summed E-state index contributed by atoms with van der Waals surface area (Å²) in [5.74, 6) is 0.654. The number of rotatable bonds is 8. The molecule has 1 unspecified atom stereocenters. The number of carboxylic acid groups (broad SMARTS) is 1. The molecule has 3 rings (SSSR count). The average molecular weight is 465 g/mol. The van der Waals surface area contributed by atoms with Crippen LogP contribution in [0.2, 0.25) is 0 Å². The third kappa shape index (κ3) is 5.54. The van der Waals surface area contributed by atoms with E-state index in [9.17, 15) is 4.79 Å². The lowest BCUT2D eigenvalue weighted by Crippen LogP contribution is -2.24. The molecule has 0 spiro atoms. The van der Waals surface area contributed by atoms with Crippen LogP contribution in [0.3, 0.4) is 0 Å². The van der Waals surface area contributed by atoms with Crippen molar-refractivity contribution < 1.29 is 19.4 Å². The van der Waals surface area contributed by atoms with E-state index in [-0.39, 0.29) is 0 Å². The highest BCUT2D eigenvalue weighted by atomic mass is 35.5. The summed E-state index contributed by atoms with van der Waals surface area (Å²) in [7, 11) is 1.57. The zero-order valence-electron chi connectivity index (χ0n) is 16.7. The summed E-state index contributed by atoms with van der Waals surface area (Å²) in [6.07, 6.45) is 4.52. The predicted molar refractivity (Wildman–Crippen MR) is 123 cm³/mol. The Labute approximate surface area is 190 Å². The van der Waals surface area contributed by atoms with Crippen molar-refractivity contribution in [2.75, 3.05) is 19.5 Å². The van der Waals surface area contributed by atoms with Gasteiger partial charge in [-0.1, -0.05) is 54.1 Å². The maximum Gasteiger partial charge on any atom is 0.341 e. The highest BCUT2D eigenvalue weighted by molar-refractivity contribution is 7.99. The third-order valence-corrected chi connectivity index (χ3v) is 6.83. The summed E-state index contributed by atoms with van der Waals surface area (Å²) < 4.78 is 10.8. The predicted octanol–water partition coefficient (Wildman–Crippen LogP) is 6.15. The summed E-state index contributed by atoms with van der Waals surface area (Å²) in [5, 5.41) is 9.56. The molecule has 0 saturated carbocycles. The number of halogens is 2. The van der Waals surface area contributed by atoms with E-state index in [1.807, 2.05) is 55.5 Å². The Morgan fingerprint density at radius 1 is 1.23 bits per heavy atom. The van der Waals surface area contributed by atoms with Crippen LogP contribution in [0, 0.1) is 6.92 Å². The second kappa shape index (κ2) is 9.82. The number of alkyl halides is 1. The Kier molecular flexibility index (Phi) is 7.40. The van der Waals surface area contributed by atoms with Crippen molar-refractivity contribution in [1.29, 1.82) is 0 Å². The molecular formula is C23H22Cl2O4S. The van der Waals surface area contributed by atoms with Gasteiger partial charge in [0, 0.05) is 28.2 Å². The van der Waals surface area contributed by atoms with Crippen LogP contribution >= 0.6 is 35.0 Å². The van der Waals surface area contributed by atoms with Crippen molar-refractivity contribution in [3.05, 3.63) is 70.8 Å². The molecule has 2 aromatic carbocycles. The van der Waals surface area contributed by atoms with Gasteiger partial charge < -0.3 is 14.6 Å². The summed E-state index contributed by atoms with van der Waals surface area (Å²) in [5.41, 5.74) is 2.89. The van der Waals surface area contributed by atoms with Gasteiger partial charge >= 0.3 is 5.97 Å². The van der Waals surface area contributed by atoms with Gasteiger partial charge in [0.05, 0.1) is 12.0 Å². The number of hydrogen-bond acceptors (Lipinski definition) is 4. The summed E-state index contributed by atoms with van der Waals surface area (Å²) in [4.78, 5) is 11.1. The van der Waals surface area contributed by atoms with Gasteiger partial charge in [-0.2, -0.15) is 0 Å². The minimum absolute atomic E-state index is 0.402.